The number of fused-ring (bicyclic) bond motifs is 2. The van der Waals surface area contributed by atoms with Gasteiger partial charge in [-0.25, -0.2) is 0 Å². The SMILES string of the molecule is CC(=O)OC(Oc1ccc(OS(=O)(=O)CC(F)(F)F)cc1)=C1c2ccccc2N(C)c2ccccc21. The lowest BCUT2D eigenvalue weighted by molar-refractivity contribution is -0.139. The van der Waals surface area contributed by atoms with Gasteiger partial charge in [-0.05, 0) is 36.4 Å². The molecule has 0 spiro atoms. The summed E-state index contributed by atoms with van der Waals surface area (Å²) in [6.45, 7) is 1.22. The number of halogens is 3. The molecule has 0 aliphatic carbocycles. The van der Waals surface area contributed by atoms with Gasteiger partial charge in [0.05, 0.1) is 5.57 Å². The molecule has 3 aromatic carbocycles. The van der Waals surface area contributed by atoms with Crippen molar-refractivity contribution >= 4 is 33.0 Å². The Bertz CT molecular complexity index is 1380. The summed E-state index contributed by atoms with van der Waals surface area (Å²) in [4.78, 5) is 14.0. The van der Waals surface area contributed by atoms with E-state index < -0.39 is 28.0 Å². The highest BCUT2D eigenvalue weighted by Crippen LogP contribution is 2.45. The number of hydrogen-bond donors (Lipinski definition) is 0. The number of para-hydroxylation sites is 2. The van der Waals surface area contributed by atoms with Crippen molar-refractivity contribution in [3.63, 3.8) is 0 Å². The predicted molar refractivity (Wildman–Crippen MR) is 126 cm³/mol. The van der Waals surface area contributed by atoms with Gasteiger partial charge in [-0.15, -0.1) is 0 Å². The molecule has 0 unspecified atom stereocenters. The van der Waals surface area contributed by atoms with E-state index in [2.05, 4.69) is 4.18 Å². The number of rotatable bonds is 6. The second-order valence-corrected chi connectivity index (χ2v) is 9.39. The minimum absolute atomic E-state index is 0.117. The van der Waals surface area contributed by atoms with Gasteiger partial charge in [0.2, 0.25) is 0 Å². The maximum Gasteiger partial charge on any atom is 0.406 e. The molecule has 11 heteroatoms. The van der Waals surface area contributed by atoms with E-state index in [1.54, 1.807) is 0 Å². The van der Waals surface area contributed by atoms with Gasteiger partial charge in [-0.1, -0.05) is 36.4 Å². The van der Waals surface area contributed by atoms with Crippen LogP contribution in [0, 0.1) is 0 Å². The van der Waals surface area contributed by atoms with Crippen molar-refractivity contribution in [3.05, 3.63) is 89.9 Å². The van der Waals surface area contributed by atoms with Gasteiger partial charge in [-0.2, -0.15) is 21.6 Å². The van der Waals surface area contributed by atoms with E-state index in [4.69, 9.17) is 9.47 Å². The zero-order valence-corrected chi connectivity index (χ0v) is 19.9. The second-order valence-electron chi connectivity index (χ2n) is 7.82. The number of benzene rings is 3. The highest BCUT2D eigenvalue weighted by molar-refractivity contribution is 7.87. The van der Waals surface area contributed by atoms with Crippen LogP contribution < -0.4 is 13.8 Å². The molecule has 0 amide bonds. The second kappa shape index (κ2) is 9.57. The molecule has 0 saturated carbocycles. The molecule has 0 N–H and O–H groups in total. The first-order chi connectivity index (χ1) is 16.9. The summed E-state index contributed by atoms with van der Waals surface area (Å²) in [5, 5.41) is 0. The topological polar surface area (TPSA) is 82.1 Å². The molecule has 7 nitrogen and oxygen atoms in total. The zero-order valence-electron chi connectivity index (χ0n) is 19.1. The average molecular weight is 519 g/mol. The number of hydrogen-bond acceptors (Lipinski definition) is 7. The lowest BCUT2D eigenvalue weighted by Crippen LogP contribution is -2.26. The van der Waals surface area contributed by atoms with Gasteiger partial charge in [0.25, 0.3) is 0 Å². The van der Waals surface area contributed by atoms with Crippen LogP contribution in [-0.4, -0.2) is 33.4 Å². The fourth-order valence-corrected chi connectivity index (χ4v) is 4.61. The van der Waals surface area contributed by atoms with Gasteiger partial charge in [0.1, 0.15) is 11.5 Å². The molecule has 0 aromatic heterocycles. The minimum Gasteiger partial charge on any atom is -0.425 e. The van der Waals surface area contributed by atoms with Crippen molar-refractivity contribution in [3.8, 4) is 11.5 Å². The van der Waals surface area contributed by atoms with E-state index in [1.807, 2.05) is 60.5 Å². The van der Waals surface area contributed by atoms with Gasteiger partial charge in [0.15, 0.2) is 5.75 Å². The maximum atomic E-state index is 12.4. The number of carbonyl (C=O) groups excluding carboxylic acids is 1. The van der Waals surface area contributed by atoms with Crippen LogP contribution in [0.4, 0.5) is 24.5 Å². The fraction of sp³-hybridized carbons (Fsp3) is 0.160. The number of anilines is 2. The van der Waals surface area contributed by atoms with Crippen molar-refractivity contribution in [1.29, 1.82) is 0 Å². The van der Waals surface area contributed by atoms with Gasteiger partial charge in [0, 0.05) is 36.5 Å². The molecular weight excluding hydrogens is 499 g/mol. The molecule has 1 heterocycles. The Morgan fingerprint density at radius 2 is 1.36 bits per heavy atom. The largest absolute Gasteiger partial charge is 0.425 e. The third-order valence-electron chi connectivity index (χ3n) is 5.11. The number of ether oxygens (including phenoxy) is 2. The summed E-state index contributed by atoms with van der Waals surface area (Å²) in [5.41, 5.74) is 3.69. The smallest absolute Gasteiger partial charge is 0.406 e. The monoisotopic (exact) mass is 519 g/mol. The van der Waals surface area contributed by atoms with Crippen LogP contribution in [0.1, 0.15) is 18.1 Å². The Labute approximate surface area is 205 Å². The van der Waals surface area contributed by atoms with Crippen LogP contribution in [0.3, 0.4) is 0 Å². The summed E-state index contributed by atoms with van der Waals surface area (Å²) in [7, 11) is -2.97. The molecule has 4 rings (SSSR count). The highest BCUT2D eigenvalue weighted by Gasteiger charge is 2.36. The Hall–Kier alpha value is -3.99. The van der Waals surface area contributed by atoms with E-state index in [0.29, 0.717) is 5.57 Å². The zero-order chi connectivity index (χ0) is 26.1. The first kappa shape index (κ1) is 25.1. The lowest BCUT2D eigenvalue weighted by atomic mass is 9.91. The van der Waals surface area contributed by atoms with Crippen molar-refractivity contribution in [2.75, 3.05) is 17.7 Å². The van der Waals surface area contributed by atoms with Crippen LogP contribution in [0.5, 0.6) is 11.5 Å². The number of nitrogens with zero attached hydrogens (tertiary/aromatic N) is 1. The Morgan fingerprint density at radius 1 is 0.861 bits per heavy atom. The maximum absolute atomic E-state index is 12.4. The summed E-state index contributed by atoms with van der Waals surface area (Å²) >= 11 is 0. The summed E-state index contributed by atoms with van der Waals surface area (Å²) in [5.74, 6) is -3.07. The summed E-state index contributed by atoms with van der Waals surface area (Å²) in [6, 6.07) is 19.8. The third kappa shape index (κ3) is 5.62. The normalized spacial score (nSPS) is 12.9. The Kier molecular flexibility index (Phi) is 6.68. The van der Waals surface area contributed by atoms with Gasteiger partial charge < -0.3 is 18.6 Å². The number of carbonyl (C=O) groups is 1. The highest BCUT2D eigenvalue weighted by atomic mass is 32.2. The van der Waals surface area contributed by atoms with Crippen LogP contribution in [0.15, 0.2) is 78.7 Å². The molecule has 36 heavy (non-hydrogen) atoms. The van der Waals surface area contributed by atoms with Crippen LogP contribution in [0.25, 0.3) is 5.57 Å². The van der Waals surface area contributed by atoms with Crippen LogP contribution in [0.2, 0.25) is 0 Å². The molecule has 0 bridgehead atoms. The molecule has 0 saturated heterocycles. The number of alkyl halides is 3. The average Bonchev–Trinajstić information content (AvgIpc) is 2.78. The third-order valence-corrected chi connectivity index (χ3v) is 6.24. The lowest BCUT2D eigenvalue weighted by Gasteiger charge is -2.32. The molecule has 1 aliphatic rings. The van der Waals surface area contributed by atoms with Gasteiger partial charge >= 0.3 is 28.2 Å². The predicted octanol–water partition coefficient (Wildman–Crippen LogP) is 5.40. The first-order valence-electron chi connectivity index (χ1n) is 10.6. The fourth-order valence-electron chi connectivity index (χ4n) is 3.75. The molecule has 0 atom stereocenters. The summed E-state index contributed by atoms with van der Waals surface area (Å²) < 4.78 is 76.5. The van der Waals surface area contributed by atoms with Crippen molar-refractivity contribution in [1.82, 2.24) is 0 Å². The first-order valence-corrected chi connectivity index (χ1v) is 12.1. The minimum atomic E-state index is -4.94. The molecular formula is C25H20F3NO6S. The Balaban J connectivity index is 1.72. The van der Waals surface area contributed by atoms with Crippen molar-refractivity contribution < 1.29 is 40.0 Å². The Morgan fingerprint density at radius 3 is 1.86 bits per heavy atom. The van der Waals surface area contributed by atoms with Crippen molar-refractivity contribution in [2.24, 2.45) is 0 Å². The summed E-state index contributed by atoms with van der Waals surface area (Å²) in [6.07, 6.45) is -4.94. The molecule has 0 fully saturated rings. The van der Waals surface area contributed by atoms with E-state index in [9.17, 15) is 26.4 Å². The van der Waals surface area contributed by atoms with E-state index in [1.165, 1.54) is 19.1 Å². The van der Waals surface area contributed by atoms with E-state index >= 15 is 0 Å². The van der Waals surface area contributed by atoms with Crippen molar-refractivity contribution in [2.45, 2.75) is 13.1 Å². The van der Waals surface area contributed by atoms with Crippen LogP contribution >= 0.6 is 0 Å². The molecule has 1 aliphatic heterocycles. The van der Waals surface area contributed by atoms with Crippen LogP contribution in [-0.2, 0) is 19.6 Å². The van der Waals surface area contributed by atoms with E-state index in [0.717, 1.165) is 34.6 Å². The van der Waals surface area contributed by atoms with E-state index in [-0.39, 0.29) is 17.4 Å². The molecule has 188 valence electrons. The number of esters is 1. The molecule has 3 aromatic rings. The quantitative estimate of drug-likeness (QED) is 0.245. The molecule has 0 radical (unpaired) electrons. The standard InChI is InChI=1S/C25H20F3NO6S/c1-16(30)33-24(34-17-11-13-18(14-12-17)35-36(31,32)15-25(26,27)28)23-19-7-3-5-9-21(19)29(2)22-10-6-4-8-20(22)23/h3-14H,15H2,1-2H3. The van der Waals surface area contributed by atoms with Gasteiger partial charge in [-0.3, -0.25) is 4.79 Å².